The first-order chi connectivity index (χ1) is 11.1. The van der Waals surface area contributed by atoms with E-state index in [0.29, 0.717) is 0 Å². The highest BCUT2D eigenvalue weighted by Gasteiger charge is 2.39. The fraction of sp³-hybridized carbons (Fsp3) is 0.733. The third-order valence-electron chi connectivity index (χ3n) is 2.85. The minimum Gasteiger partial charge on any atom is -0.462 e. The molecule has 0 heterocycles. The Morgan fingerprint density at radius 2 is 1.25 bits per heavy atom. The van der Waals surface area contributed by atoms with E-state index in [9.17, 15) is 19.2 Å². The predicted octanol–water partition coefficient (Wildman–Crippen LogP) is 0.380. The Kier molecular flexibility index (Phi) is 9.63. The lowest BCUT2D eigenvalue weighted by atomic mass is 10.0. The van der Waals surface area contributed by atoms with Crippen molar-refractivity contribution >= 4 is 23.9 Å². The normalized spacial score (nSPS) is 15.4. The van der Waals surface area contributed by atoms with E-state index in [1.54, 1.807) is 0 Å². The summed E-state index contributed by atoms with van der Waals surface area (Å²) in [6.07, 6.45) is -4.03. The van der Waals surface area contributed by atoms with Crippen molar-refractivity contribution in [2.24, 2.45) is 0 Å². The van der Waals surface area contributed by atoms with Crippen LogP contribution in [0.3, 0.4) is 0 Å². The molecule has 0 bridgehead atoms. The van der Waals surface area contributed by atoms with Crippen molar-refractivity contribution in [3.8, 4) is 0 Å². The van der Waals surface area contributed by atoms with Crippen molar-refractivity contribution < 1.29 is 42.9 Å². The molecule has 0 saturated carbocycles. The fourth-order valence-corrected chi connectivity index (χ4v) is 2.06. The molecule has 0 amide bonds. The molecule has 0 aromatic heterocycles. The Morgan fingerprint density at radius 3 is 1.62 bits per heavy atom. The van der Waals surface area contributed by atoms with Crippen molar-refractivity contribution in [2.75, 3.05) is 13.7 Å². The molecule has 0 aromatic carbocycles. The van der Waals surface area contributed by atoms with Crippen LogP contribution in [0.2, 0.25) is 0 Å². The summed E-state index contributed by atoms with van der Waals surface area (Å²) in [5.74, 6) is -2.45. The molecule has 0 radical (unpaired) electrons. The molecule has 9 heteroatoms. The Morgan fingerprint density at radius 1 is 0.750 bits per heavy atom. The van der Waals surface area contributed by atoms with Crippen molar-refractivity contribution in [3.63, 3.8) is 0 Å². The zero-order valence-corrected chi connectivity index (χ0v) is 14.7. The van der Waals surface area contributed by atoms with Gasteiger partial charge in [0.25, 0.3) is 0 Å². The van der Waals surface area contributed by atoms with Gasteiger partial charge in [0.1, 0.15) is 18.8 Å². The van der Waals surface area contributed by atoms with Gasteiger partial charge in [-0.15, -0.1) is 0 Å². The molecule has 0 unspecified atom stereocenters. The molecular weight excluding hydrogens is 324 g/mol. The van der Waals surface area contributed by atoms with E-state index in [0.717, 1.165) is 0 Å². The van der Waals surface area contributed by atoms with Gasteiger partial charge in [-0.3, -0.25) is 19.2 Å². The van der Waals surface area contributed by atoms with Gasteiger partial charge >= 0.3 is 23.9 Å². The van der Waals surface area contributed by atoms with E-state index in [4.69, 9.17) is 23.7 Å². The van der Waals surface area contributed by atoms with Gasteiger partial charge in [-0.05, 0) is 6.92 Å². The van der Waals surface area contributed by atoms with Gasteiger partial charge in [0.15, 0.2) is 12.2 Å². The Labute approximate surface area is 140 Å². The molecule has 9 nitrogen and oxygen atoms in total. The van der Waals surface area contributed by atoms with Crippen LogP contribution in [0, 0.1) is 0 Å². The minimum absolute atomic E-state index is 0.308. The molecule has 24 heavy (non-hydrogen) atoms. The summed E-state index contributed by atoms with van der Waals surface area (Å²) in [4.78, 5) is 44.8. The maximum atomic E-state index is 11.4. The van der Waals surface area contributed by atoms with Crippen LogP contribution in [0.4, 0.5) is 0 Å². The van der Waals surface area contributed by atoms with Crippen LogP contribution in [0.25, 0.3) is 0 Å². The number of carbonyl (C=O) groups is 4. The van der Waals surface area contributed by atoms with Gasteiger partial charge in [-0.1, -0.05) is 0 Å². The van der Waals surface area contributed by atoms with Gasteiger partial charge in [-0.25, -0.2) is 0 Å². The highest BCUT2D eigenvalue weighted by atomic mass is 16.6. The van der Waals surface area contributed by atoms with E-state index in [-0.39, 0.29) is 6.61 Å². The second-order valence-corrected chi connectivity index (χ2v) is 5.04. The second-order valence-electron chi connectivity index (χ2n) is 5.04. The average molecular weight is 348 g/mol. The fourth-order valence-electron chi connectivity index (χ4n) is 2.06. The van der Waals surface area contributed by atoms with Crippen LogP contribution in [0.15, 0.2) is 0 Å². The molecule has 0 fully saturated rings. The number of methoxy groups -OCH3 is 1. The number of esters is 4. The smallest absolute Gasteiger partial charge is 0.303 e. The van der Waals surface area contributed by atoms with Gasteiger partial charge < -0.3 is 23.7 Å². The maximum Gasteiger partial charge on any atom is 0.303 e. The van der Waals surface area contributed by atoms with E-state index < -0.39 is 48.3 Å². The summed E-state index contributed by atoms with van der Waals surface area (Å²) >= 11 is 0. The number of hydrogen-bond donors (Lipinski definition) is 0. The lowest BCUT2D eigenvalue weighted by molar-refractivity contribution is -0.194. The van der Waals surface area contributed by atoms with Crippen molar-refractivity contribution in [2.45, 2.75) is 59.0 Å². The van der Waals surface area contributed by atoms with Crippen LogP contribution in [0.1, 0.15) is 34.6 Å². The third kappa shape index (κ3) is 8.47. The van der Waals surface area contributed by atoms with Crippen molar-refractivity contribution in [1.29, 1.82) is 0 Å². The lowest BCUT2D eigenvalue weighted by Gasteiger charge is -2.33. The first-order valence-corrected chi connectivity index (χ1v) is 7.26. The molecule has 0 aliphatic rings. The van der Waals surface area contributed by atoms with E-state index in [1.807, 2.05) is 0 Å². The van der Waals surface area contributed by atoms with E-state index >= 15 is 0 Å². The number of rotatable bonds is 9. The highest BCUT2D eigenvalue weighted by molar-refractivity contribution is 5.68. The number of ether oxygens (including phenoxy) is 5. The van der Waals surface area contributed by atoms with Gasteiger partial charge in [-0.2, -0.15) is 0 Å². The zero-order valence-electron chi connectivity index (χ0n) is 14.7. The average Bonchev–Trinajstić information content (AvgIpc) is 2.42. The van der Waals surface area contributed by atoms with Crippen molar-refractivity contribution in [1.82, 2.24) is 0 Å². The summed E-state index contributed by atoms with van der Waals surface area (Å²) in [7, 11) is 1.30. The summed E-state index contributed by atoms with van der Waals surface area (Å²) in [6.45, 7) is 5.93. The van der Waals surface area contributed by atoms with Gasteiger partial charge in [0.05, 0.1) is 0 Å². The second kappa shape index (κ2) is 10.6. The third-order valence-corrected chi connectivity index (χ3v) is 2.85. The van der Waals surface area contributed by atoms with Gasteiger partial charge in [0, 0.05) is 34.8 Å². The maximum absolute atomic E-state index is 11.4. The van der Waals surface area contributed by atoms with Gasteiger partial charge in [0.2, 0.25) is 0 Å². The Balaban J connectivity index is 5.46. The summed E-state index contributed by atoms with van der Waals surface area (Å²) in [5.41, 5.74) is 0. The molecule has 0 spiro atoms. The summed E-state index contributed by atoms with van der Waals surface area (Å²) in [5, 5.41) is 0. The molecule has 0 rings (SSSR count). The standard InChI is InChI=1S/C15H24O9/c1-8(22-10(3)17)14(24-12(5)19)15(20-6)13(23-11(4)18)7-21-9(2)16/h8,13-15H,7H2,1-6H3/t8-,13+,14-,15-/m1/s1. The SMILES string of the molecule is CO[C@@H]([C@H](OC(C)=O)[C@@H](C)OC(C)=O)[C@H](COC(C)=O)OC(C)=O. The quantitative estimate of drug-likeness (QED) is 0.431. The molecule has 0 aliphatic carbocycles. The minimum atomic E-state index is -1.07. The molecule has 0 aromatic rings. The van der Waals surface area contributed by atoms with Crippen LogP contribution in [-0.4, -0.2) is 62.0 Å². The van der Waals surface area contributed by atoms with Crippen LogP contribution in [0.5, 0.6) is 0 Å². The predicted molar refractivity (Wildman–Crippen MR) is 79.8 cm³/mol. The first kappa shape index (κ1) is 21.8. The Bertz CT molecular complexity index is 460. The van der Waals surface area contributed by atoms with Crippen LogP contribution < -0.4 is 0 Å². The number of hydrogen-bond acceptors (Lipinski definition) is 9. The molecule has 4 atom stereocenters. The first-order valence-electron chi connectivity index (χ1n) is 7.26. The van der Waals surface area contributed by atoms with Crippen molar-refractivity contribution in [3.05, 3.63) is 0 Å². The van der Waals surface area contributed by atoms with Crippen LogP contribution in [-0.2, 0) is 42.9 Å². The van der Waals surface area contributed by atoms with E-state index in [1.165, 1.54) is 41.7 Å². The zero-order chi connectivity index (χ0) is 18.9. The summed E-state index contributed by atoms with van der Waals surface area (Å²) in [6, 6.07) is 0. The molecule has 138 valence electrons. The number of carbonyl (C=O) groups excluding carboxylic acids is 4. The highest BCUT2D eigenvalue weighted by Crippen LogP contribution is 2.18. The van der Waals surface area contributed by atoms with Crippen LogP contribution >= 0.6 is 0 Å². The molecule has 0 saturated heterocycles. The molecule has 0 aliphatic heterocycles. The monoisotopic (exact) mass is 348 g/mol. The largest absolute Gasteiger partial charge is 0.462 e. The molecular formula is C15H24O9. The van der Waals surface area contributed by atoms with E-state index in [2.05, 4.69) is 0 Å². The lowest BCUT2D eigenvalue weighted by Crippen LogP contribution is -2.51. The molecule has 0 N–H and O–H groups in total. The summed E-state index contributed by atoms with van der Waals surface area (Å²) < 4.78 is 25.4. The Hall–Kier alpha value is -2.16. The topological polar surface area (TPSA) is 114 Å².